The van der Waals surface area contributed by atoms with Gasteiger partial charge in [0.05, 0.1) is 6.42 Å². The fourth-order valence-electron chi connectivity index (χ4n) is 4.19. The summed E-state index contributed by atoms with van der Waals surface area (Å²) in [4.78, 5) is 24.0. The Morgan fingerprint density at radius 1 is 1.23 bits per heavy atom. The fourth-order valence-corrected chi connectivity index (χ4v) is 4.19. The highest BCUT2D eigenvalue weighted by molar-refractivity contribution is 5.79. The van der Waals surface area contributed by atoms with Crippen molar-refractivity contribution in [1.82, 2.24) is 25.1 Å². The first-order valence-corrected chi connectivity index (χ1v) is 9.79. The van der Waals surface area contributed by atoms with Crippen LogP contribution in [-0.4, -0.2) is 44.1 Å². The van der Waals surface area contributed by atoms with Gasteiger partial charge in [-0.25, -0.2) is 4.98 Å². The number of H-pyrrole nitrogens is 1. The van der Waals surface area contributed by atoms with Crippen LogP contribution in [0.3, 0.4) is 0 Å². The van der Waals surface area contributed by atoms with Gasteiger partial charge in [-0.15, -0.1) is 0 Å². The molecule has 5 rings (SSSR count). The number of carbonyl (C=O) groups is 1. The van der Waals surface area contributed by atoms with Gasteiger partial charge in [0.1, 0.15) is 5.82 Å². The lowest BCUT2D eigenvalue weighted by atomic mass is 9.91. The van der Waals surface area contributed by atoms with E-state index in [0.717, 1.165) is 41.9 Å². The maximum Gasteiger partial charge on any atom is 0.227 e. The van der Waals surface area contributed by atoms with Crippen LogP contribution in [0.1, 0.15) is 60.4 Å². The van der Waals surface area contributed by atoms with Crippen LogP contribution in [0, 0.1) is 18.8 Å². The molecule has 26 heavy (non-hydrogen) atoms. The molecule has 6 heteroatoms. The van der Waals surface area contributed by atoms with Crippen LogP contribution >= 0.6 is 0 Å². The molecule has 136 valence electrons. The number of nitrogens with zero attached hydrogens (tertiary/aromatic N) is 4. The van der Waals surface area contributed by atoms with Gasteiger partial charge in [0, 0.05) is 36.8 Å². The van der Waals surface area contributed by atoms with Crippen molar-refractivity contribution in [2.24, 2.45) is 11.8 Å². The van der Waals surface area contributed by atoms with E-state index >= 15 is 0 Å². The van der Waals surface area contributed by atoms with Crippen molar-refractivity contribution >= 4 is 5.91 Å². The van der Waals surface area contributed by atoms with E-state index in [2.05, 4.69) is 15.2 Å². The Balaban J connectivity index is 1.30. The van der Waals surface area contributed by atoms with Gasteiger partial charge in [-0.2, -0.15) is 5.10 Å². The zero-order valence-electron chi connectivity index (χ0n) is 15.2. The quantitative estimate of drug-likeness (QED) is 0.898. The van der Waals surface area contributed by atoms with Gasteiger partial charge in [-0.3, -0.25) is 14.9 Å². The molecule has 1 amide bonds. The fraction of sp³-hybridized carbons (Fsp3) is 0.600. The number of rotatable bonds is 5. The van der Waals surface area contributed by atoms with Gasteiger partial charge in [-0.05, 0) is 56.1 Å². The van der Waals surface area contributed by atoms with Crippen LogP contribution in [0.25, 0.3) is 0 Å². The summed E-state index contributed by atoms with van der Waals surface area (Å²) in [5.41, 5.74) is 1.97. The first-order chi connectivity index (χ1) is 12.7. The van der Waals surface area contributed by atoms with Gasteiger partial charge >= 0.3 is 0 Å². The summed E-state index contributed by atoms with van der Waals surface area (Å²) in [5.74, 6) is 4.31. The number of aromatic nitrogens is 4. The van der Waals surface area contributed by atoms with Gasteiger partial charge in [-0.1, -0.05) is 6.07 Å². The minimum absolute atomic E-state index is 0.200. The molecular weight excluding hydrogens is 326 g/mol. The van der Waals surface area contributed by atoms with Gasteiger partial charge in [0.2, 0.25) is 5.91 Å². The van der Waals surface area contributed by atoms with Crippen molar-refractivity contribution in [2.45, 2.75) is 50.9 Å². The number of hydrogen-bond acceptors (Lipinski definition) is 4. The molecule has 1 N–H and O–H groups in total. The normalized spacial score (nSPS) is 25.7. The predicted octanol–water partition coefficient (Wildman–Crippen LogP) is 2.58. The Morgan fingerprint density at radius 3 is 2.77 bits per heavy atom. The molecule has 0 unspecified atom stereocenters. The van der Waals surface area contributed by atoms with Crippen LogP contribution in [0.4, 0.5) is 0 Å². The monoisotopic (exact) mass is 351 g/mol. The SMILES string of the molecule is Cc1ccc(CC(=O)N2C[C@H](c3nc(C4CC4)n[nH]3)[C@@H](C3CC3)C2)cn1. The first-order valence-electron chi connectivity index (χ1n) is 9.79. The summed E-state index contributed by atoms with van der Waals surface area (Å²) >= 11 is 0. The van der Waals surface area contributed by atoms with Crippen LogP contribution in [0.5, 0.6) is 0 Å². The van der Waals surface area contributed by atoms with Crippen molar-refractivity contribution in [3.8, 4) is 0 Å². The molecule has 0 aromatic carbocycles. The van der Waals surface area contributed by atoms with Crippen LogP contribution in [0.15, 0.2) is 18.3 Å². The Bertz CT molecular complexity index is 806. The molecule has 2 saturated carbocycles. The van der Waals surface area contributed by atoms with Gasteiger partial charge in [0.25, 0.3) is 0 Å². The van der Waals surface area contributed by atoms with Crippen molar-refractivity contribution < 1.29 is 4.79 Å². The highest BCUT2D eigenvalue weighted by atomic mass is 16.2. The Kier molecular flexibility index (Phi) is 3.80. The van der Waals surface area contributed by atoms with E-state index in [9.17, 15) is 4.79 Å². The van der Waals surface area contributed by atoms with E-state index in [-0.39, 0.29) is 5.91 Å². The van der Waals surface area contributed by atoms with Crippen molar-refractivity contribution in [3.05, 3.63) is 41.2 Å². The molecule has 2 aliphatic carbocycles. The molecule has 0 bridgehead atoms. The highest BCUT2D eigenvalue weighted by Gasteiger charge is 2.45. The van der Waals surface area contributed by atoms with E-state index < -0.39 is 0 Å². The predicted molar refractivity (Wildman–Crippen MR) is 96.6 cm³/mol. The summed E-state index contributed by atoms with van der Waals surface area (Å²) in [6.07, 6.45) is 7.24. The minimum Gasteiger partial charge on any atom is -0.341 e. The van der Waals surface area contributed by atoms with Crippen molar-refractivity contribution in [3.63, 3.8) is 0 Å². The molecule has 1 aliphatic heterocycles. The second-order valence-electron chi connectivity index (χ2n) is 8.24. The first kappa shape index (κ1) is 16.0. The third kappa shape index (κ3) is 3.13. The van der Waals surface area contributed by atoms with Crippen molar-refractivity contribution in [1.29, 1.82) is 0 Å². The summed E-state index contributed by atoms with van der Waals surface area (Å²) < 4.78 is 0. The van der Waals surface area contributed by atoms with E-state index in [0.29, 0.717) is 24.2 Å². The second-order valence-corrected chi connectivity index (χ2v) is 8.24. The maximum absolute atomic E-state index is 12.8. The number of amides is 1. The summed E-state index contributed by atoms with van der Waals surface area (Å²) in [5, 5.41) is 7.62. The zero-order chi connectivity index (χ0) is 17.7. The van der Waals surface area contributed by atoms with Crippen molar-refractivity contribution in [2.75, 3.05) is 13.1 Å². The number of carbonyl (C=O) groups excluding carboxylic acids is 1. The summed E-state index contributed by atoms with van der Waals surface area (Å²) in [6, 6.07) is 3.97. The minimum atomic E-state index is 0.200. The summed E-state index contributed by atoms with van der Waals surface area (Å²) in [7, 11) is 0. The Hall–Kier alpha value is -2.24. The lowest BCUT2D eigenvalue weighted by molar-refractivity contribution is -0.129. The van der Waals surface area contributed by atoms with E-state index in [1.54, 1.807) is 0 Å². The third-order valence-corrected chi connectivity index (χ3v) is 6.09. The molecule has 3 heterocycles. The second kappa shape index (κ2) is 6.18. The number of hydrogen-bond donors (Lipinski definition) is 1. The lowest BCUT2D eigenvalue weighted by Gasteiger charge is -2.16. The molecule has 0 spiro atoms. The molecule has 3 aliphatic rings. The Morgan fingerprint density at radius 2 is 2.08 bits per heavy atom. The molecule has 3 fully saturated rings. The number of aromatic amines is 1. The highest BCUT2D eigenvalue weighted by Crippen LogP contribution is 2.47. The van der Waals surface area contributed by atoms with E-state index in [1.165, 1.54) is 25.7 Å². The molecular formula is C20H25N5O. The van der Waals surface area contributed by atoms with Crippen LogP contribution in [0.2, 0.25) is 0 Å². The van der Waals surface area contributed by atoms with Gasteiger partial charge in [0.15, 0.2) is 5.82 Å². The summed E-state index contributed by atoms with van der Waals surface area (Å²) in [6.45, 7) is 3.58. The average molecular weight is 351 g/mol. The number of nitrogens with one attached hydrogen (secondary N) is 1. The molecule has 6 nitrogen and oxygen atoms in total. The van der Waals surface area contributed by atoms with E-state index in [4.69, 9.17) is 4.98 Å². The van der Waals surface area contributed by atoms with Gasteiger partial charge < -0.3 is 4.90 Å². The van der Waals surface area contributed by atoms with Crippen LogP contribution in [-0.2, 0) is 11.2 Å². The smallest absolute Gasteiger partial charge is 0.227 e. The standard InChI is InChI=1S/C20H25N5O/c1-12-2-3-13(9-21-12)8-18(26)25-10-16(14-4-5-14)17(11-25)20-22-19(23-24-20)15-6-7-15/h2-3,9,14-17H,4-8,10-11H2,1H3,(H,22,23,24)/t16-,17+/m1/s1. The third-order valence-electron chi connectivity index (χ3n) is 6.09. The number of aryl methyl sites for hydroxylation is 1. The molecule has 1 saturated heterocycles. The number of pyridine rings is 1. The molecule has 2 atom stereocenters. The van der Waals surface area contributed by atoms with E-state index in [1.807, 2.05) is 30.2 Å². The maximum atomic E-state index is 12.8. The molecule has 2 aromatic rings. The largest absolute Gasteiger partial charge is 0.341 e. The topological polar surface area (TPSA) is 74.8 Å². The Labute approximate surface area is 153 Å². The molecule has 2 aromatic heterocycles. The van der Waals surface area contributed by atoms with Crippen LogP contribution < -0.4 is 0 Å². The lowest BCUT2D eigenvalue weighted by Crippen LogP contribution is -2.30. The zero-order valence-corrected chi connectivity index (χ0v) is 15.2. The molecule has 0 radical (unpaired) electrons. The number of likely N-dealkylation sites (tertiary alicyclic amines) is 1. The average Bonchev–Trinajstić information content (AvgIpc) is 3.57.